The summed E-state index contributed by atoms with van der Waals surface area (Å²) >= 11 is 0. The lowest BCUT2D eigenvalue weighted by molar-refractivity contribution is 0.157. The molecule has 0 saturated carbocycles. The van der Waals surface area contributed by atoms with Gasteiger partial charge in [0.25, 0.3) is 5.56 Å². The molecule has 11 nitrogen and oxygen atoms in total. The molecule has 3 rings (SSSR count). The summed E-state index contributed by atoms with van der Waals surface area (Å²) in [6.07, 6.45) is 8.72. The number of ether oxygens (including phenoxy) is 3. The first kappa shape index (κ1) is 30.2. The highest BCUT2D eigenvalue weighted by atomic mass is 16.5. The quantitative estimate of drug-likeness (QED) is 0.221. The van der Waals surface area contributed by atoms with Crippen LogP contribution < -0.4 is 30.8 Å². The van der Waals surface area contributed by atoms with Gasteiger partial charge in [-0.3, -0.25) is 14.3 Å². The van der Waals surface area contributed by atoms with Crippen LogP contribution in [0.4, 0.5) is 0 Å². The van der Waals surface area contributed by atoms with Crippen LogP contribution in [0.25, 0.3) is 11.2 Å². The van der Waals surface area contributed by atoms with Gasteiger partial charge in [0.1, 0.15) is 23.1 Å². The molecule has 0 radical (unpaired) electrons. The predicted octanol–water partition coefficient (Wildman–Crippen LogP) is 2.80. The van der Waals surface area contributed by atoms with Gasteiger partial charge in [0, 0.05) is 45.7 Å². The summed E-state index contributed by atoms with van der Waals surface area (Å²) in [6, 6.07) is 3.64. The third-order valence-corrected chi connectivity index (χ3v) is 7.16. The highest BCUT2D eigenvalue weighted by molar-refractivity contribution is 5.70. The van der Waals surface area contributed by atoms with Crippen molar-refractivity contribution in [2.75, 3.05) is 27.9 Å². The van der Waals surface area contributed by atoms with Crippen LogP contribution in [-0.4, -0.2) is 58.2 Å². The van der Waals surface area contributed by atoms with E-state index < -0.39 is 17.4 Å². The standard InChI is InChI=1S/C28H43N5O6/c1-32-24(30-26-25(32)27(35)31-28(36)33(26)2)14-12-10-8-6-7-9-11-13-19(34)17-29-18-21-22(38-4)15-20(37-3)16-23(21)39-5/h15-16,19,29,34H,6-14,17-18H2,1-5H3,(H,31,35,36). The molecule has 0 aliphatic rings. The van der Waals surface area contributed by atoms with Gasteiger partial charge in [-0.2, -0.15) is 0 Å². The largest absolute Gasteiger partial charge is 0.496 e. The first-order valence-corrected chi connectivity index (χ1v) is 13.6. The van der Waals surface area contributed by atoms with E-state index in [2.05, 4.69) is 15.3 Å². The molecule has 0 bridgehead atoms. The zero-order valence-corrected chi connectivity index (χ0v) is 23.8. The number of imidazole rings is 1. The van der Waals surface area contributed by atoms with E-state index in [-0.39, 0.29) is 0 Å². The number of aromatic nitrogens is 4. The van der Waals surface area contributed by atoms with E-state index in [9.17, 15) is 14.7 Å². The van der Waals surface area contributed by atoms with Crippen LogP contribution in [0.1, 0.15) is 62.8 Å². The first-order chi connectivity index (χ1) is 18.8. The van der Waals surface area contributed by atoms with Crippen LogP contribution >= 0.6 is 0 Å². The summed E-state index contributed by atoms with van der Waals surface area (Å²) in [5.41, 5.74) is 0.913. The van der Waals surface area contributed by atoms with Crippen LogP contribution in [0.2, 0.25) is 0 Å². The molecule has 1 unspecified atom stereocenters. The van der Waals surface area contributed by atoms with E-state index in [1.807, 2.05) is 19.2 Å². The zero-order chi connectivity index (χ0) is 28.4. The number of hydrogen-bond acceptors (Lipinski definition) is 8. The van der Waals surface area contributed by atoms with Gasteiger partial charge < -0.3 is 29.2 Å². The predicted molar refractivity (Wildman–Crippen MR) is 151 cm³/mol. The number of rotatable bonds is 17. The number of nitrogens with zero attached hydrogens (tertiary/aromatic N) is 3. The first-order valence-electron chi connectivity index (χ1n) is 13.6. The Labute approximate surface area is 229 Å². The zero-order valence-electron chi connectivity index (χ0n) is 23.8. The summed E-state index contributed by atoms with van der Waals surface area (Å²) in [5, 5.41) is 13.7. The Morgan fingerprint density at radius 3 is 2.15 bits per heavy atom. The number of unbranched alkanes of at least 4 members (excludes halogenated alkanes) is 6. The van der Waals surface area contributed by atoms with Crippen molar-refractivity contribution in [1.82, 2.24) is 24.4 Å². The number of fused-ring (bicyclic) bond motifs is 1. The van der Waals surface area contributed by atoms with Gasteiger partial charge in [-0.25, -0.2) is 9.78 Å². The number of aliphatic hydroxyl groups excluding tert-OH is 1. The Balaban J connectivity index is 1.28. The van der Waals surface area contributed by atoms with Crippen LogP contribution in [0, 0.1) is 0 Å². The topological polar surface area (TPSA) is 133 Å². The molecule has 3 aromatic rings. The molecule has 11 heteroatoms. The minimum atomic E-state index is -0.448. The van der Waals surface area contributed by atoms with Gasteiger partial charge in [0.05, 0.1) is 33.0 Å². The van der Waals surface area contributed by atoms with E-state index >= 15 is 0 Å². The lowest BCUT2D eigenvalue weighted by atomic mass is 10.1. The molecule has 216 valence electrons. The molecule has 0 amide bonds. The van der Waals surface area contributed by atoms with Crippen LogP contribution in [0.5, 0.6) is 17.2 Å². The summed E-state index contributed by atoms with van der Waals surface area (Å²) in [5.74, 6) is 2.86. The minimum absolute atomic E-state index is 0.395. The highest BCUT2D eigenvalue weighted by Gasteiger charge is 2.15. The van der Waals surface area contributed by atoms with Crippen molar-refractivity contribution in [1.29, 1.82) is 0 Å². The number of hydrogen-bond donors (Lipinski definition) is 3. The monoisotopic (exact) mass is 545 g/mol. The van der Waals surface area contributed by atoms with Crippen molar-refractivity contribution < 1.29 is 19.3 Å². The summed E-state index contributed by atoms with van der Waals surface area (Å²) < 4.78 is 19.4. The third-order valence-electron chi connectivity index (χ3n) is 7.16. The second kappa shape index (κ2) is 14.7. The van der Waals surface area contributed by atoms with Gasteiger partial charge in [0.15, 0.2) is 11.2 Å². The molecular weight excluding hydrogens is 502 g/mol. The molecule has 2 heterocycles. The minimum Gasteiger partial charge on any atom is -0.496 e. The van der Waals surface area contributed by atoms with E-state index in [0.29, 0.717) is 41.5 Å². The SMILES string of the molecule is COc1cc(OC)c(CNCC(O)CCCCCCCCCc2nc3c(c(=O)[nH]c(=O)n3C)n2C)c(OC)c1. The molecule has 2 aromatic heterocycles. The fourth-order valence-electron chi connectivity index (χ4n) is 4.84. The fourth-order valence-corrected chi connectivity index (χ4v) is 4.84. The third kappa shape index (κ3) is 7.86. The van der Waals surface area contributed by atoms with Crippen molar-refractivity contribution in [2.24, 2.45) is 14.1 Å². The Kier molecular flexibility index (Phi) is 11.4. The van der Waals surface area contributed by atoms with Crippen molar-refractivity contribution in [3.63, 3.8) is 0 Å². The molecule has 39 heavy (non-hydrogen) atoms. The summed E-state index contributed by atoms with van der Waals surface area (Å²) in [7, 11) is 8.27. The second-order valence-corrected chi connectivity index (χ2v) is 9.89. The Morgan fingerprint density at radius 2 is 1.54 bits per heavy atom. The number of aliphatic hydroxyl groups is 1. The molecule has 1 aromatic carbocycles. The molecule has 0 saturated heterocycles. The van der Waals surface area contributed by atoms with Gasteiger partial charge in [-0.1, -0.05) is 38.5 Å². The number of benzene rings is 1. The average Bonchev–Trinajstić information content (AvgIpc) is 3.27. The molecule has 0 aliphatic heterocycles. The number of nitrogens with one attached hydrogen (secondary N) is 2. The number of H-pyrrole nitrogens is 1. The maximum Gasteiger partial charge on any atom is 0.329 e. The smallest absolute Gasteiger partial charge is 0.329 e. The van der Waals surface area contributed by atoms with Crippen LogP contribution in [-0.2, 0) is 27.1 Å². The van der Waals surface area contributed by atoms with Crippen LogP contribution in [0.3, 0.4) is 0 Å². The van der Waals surface area contributed by atoms with Crippen molar-refractivity contribution in [3.05, 3.63) is 44.4 Å². The average molecular weight is 546 g/mol. The van der Waals surface area contributed by atoms with E-state index in [1.165, 1.54) is 4.57 Å². The van der Waals surface area contributed by atoms with E-state index in [0.717, 1.165) is 69.2 Å². The van der Waals surface area contributed by atoms with Gasteiger partial charge in [-0.15, -0.1) is 0 Å². The van der Waals surface area contributed by atoms with E-state index in [1.54, 1.807) is 32.9 Å². The summed E-state index contributed by atoms with van der Waals surface area (Å²) in [4.78, 5) is 30.8. The lowest BCUT2D eigenvalue weighted by Crippen LogP contribution is -2.29. The molecule has 1 atom stereocenters. The van der Waals surface area contributed by atoms with Gasteiger partial charge in [0.2, 0.25) is 0 Å². The Hall–Kier alpha value is -3.31. The molecular formula is C28H43N5O6. The lowest BCUT2D eigenvalue weighted by Gasteiger charge is -2.17. The maximum atomic E-state index is 12.1. The normalized spacial score (nSPS) is 12.2. The Bertz CT molecular complexity index is 1300. The van der Waals surface area contributed by atoms with Crippen LogP contribution in [0.15, 0.2) is 21.7 Å². The Morgan fingerprint density at radius 1 is 0.923 bits per heavy atom. The highest BCUT2D eigenvalue weighted by Crippen LogP contribution is 2.33. The molecule has 0 spiro atoms. The second-order valence-electron chi connectivity index (χ2n) is 9.89. The molecule has 0 fully saturated rings. The fraction of sp³-hybridized carbons (Fsp3) is 0.607. The van der Waals surface area contributed by atoms with Crippen molar-refractivity contribution in [3.8, 4) is 17.2 Å². The van der Waals surface area contributed by atoms with E-state index in [4.69, 9.17) is 14.2 Å². The van der Waals surface area contributed by atoms with Crippen molar-refractivity contribution in [2.45, 2.75) is 70.4 Å². The molecule has 3 N–H and O–H groups in total. The number of aromatic amines is 1. The number of methoxy groups -OCH3 is 3. The van der Waals surface area contributed by atoms with Gasteiger partial charge in [-0.05, 0) is 12.8 Å². The number of aryl methyl sites for hydroxylation is 3. The van der Waals surface area contributed by atoms with Gasteiger partial charge >= 0.3 is 5.69 Å². The maximum absolute atomic E-state index is 12.1. The van der Waals surface area contributed by atoms with Crippen molar-refractivity contribution >= 4 is 11.2 Å². The summed E-state index contributed by atoms with van der Waals surface area (Å²) in [6.45, 7) is 1.02. The molecule has 0 aliphatic carbocycles.